The van der Waals surface area contributed by atoms with Crippen LogP contribution in [0.4, 0.5) is 0 Å². The summed E-state index contributed by atoms with van der Waals surface area (Å²) in [5, 5.41) is 47.6. The molecule has 1 aliphatic carbocycles. The van der Waals surface area contributed by atoms with E-state index in [1.165, 1.54) is 0 Å². The van der Waals surface area contributed by atoms with E-state index in [1.807, 2.05) is 0 Å². The van der Waals surface area contributed by atoms with Crippen LogP contribution in [-0.4, -0.2) is 80.7 Å². The molecular formula is C18H28O9. The number of ether oxygens (including phenoxy) is 2. The maximum Gasteiger partial charge on any atom is 0.303 e. The van der Waals surface area contributed by atoms with Crippen molar-refractivity contribution in [1.82, 2.24) is 0 Å². The summed E-state index contributed by atoms with van der Waals surface area (Å²) in [6.07, 6.45) is -2.50. The standard InChI is InChI=1S/C18H28O9/c1-9(26-18-17(25)16(24)15(23)13(8-19)27-18)3-2-4-11-10(7-14(21)22)5-6-12(11)20/h2-3,9-11,13,15-19,23-25H,4-8H2,1H3,(H,21,22)/b3-2-/t9?,10-,11+,13-,15-,16+,17-,18-/m1/s1. The van der Waals surface area contributed by atoms with E-state index in [2.05, 4.69) is 0 Å². The molecule has 1 saturated heterocycles. The number of hydrogen-bond acceptors (Lipinski definition) is 8. The number of ketones is 1. The third-order valence-electron chi connectivity index (χ3n) is 5.18. The Labute approximate surface area is 157 Å². The Kier molecular flexibility index (Phi) is 7.90. The number of Topliss-reactive ketones (excluding diaryl/α,β-unsaturated/α-hetero) is 1. The predicted molar refractivity (Wildman–Crippen MR) is 91.5 cm³/mol. The zero-order chi connectivity index (χ0) is 20.1. The van der Waals surface area contributed by atoms with Crippen LogP contribution in [0.2, 0.25) is 0 Å². The van der Waals surface area contributed by atoms with Crippen molar-refractivity contribution in [1.29, 1.82) is 0 Å². The van der Waals surface area contributed by atoms with Gasteiger partial charge in [-0.2, -0.15) is 0 Å². The monoisotopic (exact) mass is 388 g/mol. The maximum absolute atomic E-state index is 12.0. The van der Waals surface area contributed by atoms with Crippen molar-refractivity contribution in [3.8, 4) is 0 Å². The van der Waals surface area contributed by atoms with Gasteiger partial charge in [0, 0.05) is 18.8 Å². The predicted octanol–water partition coefficient (Wildman–Crippen LogP) is -0.792. The van der Waals surface area contributed by atoms with Crippen LogP contribution in [0.5, 0.6) is 0 Å². The number of rotatable bonds is 8. The minimum absolute atomic E-state index is 0.0266. The van der Waals surface area contributed by atoms with E-state index in [0.29, 0.717) is 19.3 Å². The second kappa shape index (κ2) is 9.72. The number of allylic oxidation sites excluding steroid dienone is 1. The number of aliphatic carboxylic acids is 1. The summed E-state index contributed by atoms with van der Waals surface area (Å²) in [4.78, 5) is 22.9. The second-order valence-electron chi connectivity index (χ2n) is 7.17. The van der Waals surface area contributed by atoms with Crippen molar-refractivity contribution >= 4 is 11.8 Å². The van der Waals surface area contributed by atoms with Crippen LogP contribution in [0.1, 0.15) is 32.6 Å². The first kappa shape index (κ1) is 21.9. The average Bonchev–Trinajstić information content (AvgIpc) is 2.95. The average molecular weight is 388 g/mol. The van der Waals surface area contributed by atoms with Crippen LogP contribution in [0.3, 0.4) is 0 Å². The SMILES string of the molecule is CC(/C=C\C[C@@H]1C(=O)CC[C@@H]1CC(=O)O)O[C@@H]1O[C@H](CO)[C@@H](O)[C@H](O)[C@H]1O. The first-order valence-electron chi connectivity index (χ1n) is 9.11. The molecule has 0 radical (unpaired) electrons. The molecule has 154 valence electrons. The number of carboxylic acid groups (broad SMARTS) is 1. The molecule has 2 rings (SSSR count). The second-order valence-corrected chi connectivity index (χ2v) is 7.17. The Bertz CT molecular complexity index is 547. The van der Waals surface area contributed by atoms with E-state index in [4.69, 9.17) is 14.6 Å². The highest BCUT2D eigenvalue weighted by Crippen LogP contribution is 2.34. The van der Waals surface area contributed by atoms with Gasteiger partial charge in [-0.1, -0.05) is 12.2 Å². The number of carbonyl (C=O) groups excluding carboxylic acids is 1. The van der Waals surface area contributed by atoms with Gasteiger partial charge in [-0.15, -0.1) is 0 Å². The molecule has 1 saturated carbocycles. The third-order valence-corrected chi connectivity index (χ3v) is 5.18. The lowest BCUT2D eigenvalue weighted by atomic mass is 9.89. The van der Waals surface area contributed by atoms with Gasteiger partial charge in [0.1, 0.15) is 30.2 Å². The molecule has 8 atom stereocenters. The van der Waals surface area contributed by atoms with Gasteiger partial charge in [0.25, 0.3) is 0 Å². The highest BCUT2D eigenvalue weighted by Gasteiger charge is 2.44. The van der Waals surface area contributed by atoms with Crippen molar-refractivity contribution in [2.75, 3.05) is 6.61 Å². The summed E-state index contributed by atoms with van der Waals surface area (Å²) >= 11 is 0. The zero-order valence-corrected chi connectivity index (χ0v) is 15.2. The normalized spacial score (nSPS) is 38.4. The molecule has 9 nitrogen and oxygen atoms in total. The van der Waals surface area contributed by atoms with E-state index in [-0.39, 0.29) is 24.0 Å². The molecule has 0 aromatic rings. The molecule has 2 fully saturated rings. The van der Waals surface area contributed by atoms with E-state index >= 15 is 0 Å². The lowest BCUT2D eigenvalue weighted by molar-refractivity contribution is -0.306. The molecule has 9 heteroatoms. The van der Waals surface area contributed by atoms with Crippen LogP contribution < -0.4 is 0 Å². The zero-order valence-electron chi connectivity index (χ0n) is 15.2. The van der Waals surface area contributed by atoms with Crippen LogP contribution in [0.25, 0.3) is 0 Å². The molecule has 0 amide bonds. The van der Waals surface area contributed by atoms with Crippen molar-refractivity contribution in [2.24, 2.45) is 11.8 Å². The Hall–Kier alpha value is -1.36. The van der Waals surface area contributed by atoms with Gasteiger partial charge in [-0.25, -0.2) is 0 Å². The Morgan fingerprint density at radius 1 is 1.30 bits per heavy atom. The van der Waals surface area contributed by atoms with E-state index in [1.54, 1.807) is 19.1 Å². The maximum atomic E-state index is 12.0. The van der Waals surface area contributed by atoms with Gasteiger partial charge in [0.2, 0.25) is 0 Å². The van der Waals surface area contributed by atoms with Gasteiger partial charge >= 0.3 is 5.97 Å². The minimum Gasteiger partial charge on any atom is -0.481 e. The van der Waals surface area contributed by atoms with Crippen LogP contribution in [0, 0.1) is 11.8 Å². The van der Waals surface area contributed by atoms with Gasteiger partial charge in [-0.05, 0) is 25.7 Å². The molecule has 1 aliphatic heterocycles. The highest BCUT2D eigenvalue weighted by molar-refractivity contribution is 5.84. The summed E-state index contributed by atoms with van der Waals surface area (Å²) in [6, 6.07) is 0. The smallest absolute Gasteiger partial charge is 0.303 e. The number of carbonyl (C=O) groups is 2. The van der Waals surface area contributed by atoms with Gasteiger partial charge in [0.15, 0.2) is 6.29 Å². The van der Waals surface area contributed by atoms with E-state index in [9.17, 15) is 30.0 Å². The topological polar surface area (TPSA) is 154 Å². The van der Waals surface area contributed by atoms with Crippen molar-refractivity contribution in [2.45, 2.75) is 69.4 Å². The fraction of sp³-hybridized carbons (Fsp3) is 0.778. The van der Waals surface area contributed by atoms with Crippen molar-refractivity contribution in [3.63, 3.8) is 0 Å². The van der Waals surface area contributed by atoms with E-state index in [0.717, 1.165) is 0 Å². The van der Waals surface area contributed by atoms with Crippen LogP contribution in [0.15, 0.2) is 12.2 Å². The summed E-state index contributed by atoms with van der Waals surface area (Å²) in [6.45, 7) is 1.13. The Morgan fingerprint density at radius 2 is 2.00 bits per heavy atom. The molecule has 27 heavy (non-hydrogen) atoms. The molecule has 0 aromatic heterocycles. The molecule has 0 aromatic carbocycles. The number of aliphatic hydroxyl groups excluding tert-OH is 4. The first-order valence-corrected chi connectivity index (χ1v) is 9.11. The Morgan fingerprint density at radius 3 is 2.63 bits per heavy atom. The molecule has 2 aliphatic rings. The van der Waals surface area contributed by atoms with Crippen LogP contribution in [-0.2, 0) is 19.1 Å². The quantitative estimate of drug-likeness (QED) is 0.336. The lowest BCUT2D eigenvalue weighted by Crippen LogP contribution is -2.59. The number of aliphatic hydroxyl groups is 4. The van der Waals surface area contributed by atoms with Gasteiger partial charge in [0.05, 0.1) is 12.7 Å². The van der Waals surface area contributed by atoms with E-state index < -0.39 is 49.4 Å². The van der Waals surface area contributed by atoms with Gasteiger partial charge < -0.3 is 35.0 Å². The minimum atomic E-state index is -1.51. The summed E-state index contributed by atoms with van der Waals surface area (Å²) in [7, 11) is 0. The fourth-order valence-corrected chi connectivity index (χ4v) is 3.62. The van der Waals surface area contributed by atoms with Crippen molar-refractivity contribution < 1.29 is 44.6 Å². The van der Waals surface area contributed by atoms with Crippen molar-refractivity contribution in [3.05, 3.63) is 12.2 Å². The molecule has 1 heterocycles. The molecule has 0 bridgehead atoms. The largest absolute Gasteiger partial charge is 0.481 e. The number of hydrogen-bond donors (Lipinski definition) is 5. The summed E-state index contributed by atoms with van der Waals surface area (Å²) in [5.74, 6) is -1.34. The molecular weight excluding hydrogens is 360 g/mol. The molecule has 1 unspecified atom stereocenters. The molecule has 5 N–H and O–H groups in total. The summed E-state index contributed by atoms with van der Waals surface area (Å²) in [5.41, 5.74) is 0. The Balaban J connectivity index is 1.88. The lowest BCUT2D eigenvalue weighted by Gasteiger charge is -2.40. The highest BCUT2D eigenvalue weighted by atomic mass is 16.7. The first-order chi connectivity index (χ1) is 12.7. The fourth-order valence-electron chi connectivity index (χ4n) is 3.62. The summed E-state index contributed by atoms with van der Waals surface area (Å²) < 4.78 is 10.8. The molecule has 0 spiro atoms. The van der Waals surface area contributed by atoms with Gasteiger partial charge in [-0.3, -0.25) is 9.59 Å². The number of carboxylic acids is 1. The third kappa shape index (κ3) is 5.56. The van der Waals surface area contributed by atoms with Crippen LogP contribution >= 0.6 is 0 Å².